The number of methoxy groups -OCH3 is 1. The fourth-order valence-electron chi connectivity index (χ4n) is 5.83. The molecule has 0 amide bonds. The maximum absolute atomic E-state index is 10.1. The van der Waals surface area contributed by atoms with Gasteiger partial charge in [-0.25, -0.2) is 15.0 Å². The van der Waals surface area contributed by atoms with Gasteiger partial charge >= 0.3 is 0 Å². The van der Waals surface area contributed by atoms with Crippen molar-refractivity contribution in [3.8, 4) is 17.6 Å². The molecule has 3 heterocycles. The smallest absolute Gasteiger partial charge is 0.152 e. The third kappa shape index (κ3) is 4.20. The first-order valence-electron chi connectivity index (χ1n) is 12.6. The second-order valence-electron chi connectivity index (χ2n) is 9.92. The molecule has 2 aromatic carbocycles. The van der Waals surface area contributed by atoms with E-state index in [2.05, 4.69) is 56.0 Å². The lowest BCUT2D eigenvalue weighted by Gasteiger charge is -2.42. The molecule has 4 aromatic rings. The van der Waals surface area contributed by atoms with Gasteiger partial charge in [0.05, 0.1) is 43.8 Å². The van der Waals surface area contributed by atoms with Crippen molar-refractivity contribution >= 4 is 16.9 Å². The van der Waals surface area contributed by atoms with Crippen molar-refractivity contribution in [2.75, 3.05) is 25.1 Å². The Labute approximate surface area is 216 Å². The van der Waals surface area contributed by atoms with Crippen LogP contribution in [0.25, 0.3) is 11.0 Å². The van der Waals surface area contributed by atoms with E-state index in [4.69, 9.17) is 10.5 Å². The van der Waals surface area contributed by atoms with Gasteiger partial charge in [-0.05, 0) is 53.9 Å². The molecule has 0 unspecified atom stereocenters. The van der Waals surface area contributed by atoms with Crippen molar-refractivity contribution in [1.29, 1.82) is 0 Å². The minimum atomic E-state index is -0.182. The second-order valence-corrected chi connectivity index (χ2v) is 9.92. The van der Waals surface area contributed by atoms with Crippen LogP contribution in [0.2, 0.25) is 0 Å². The van der Waals surface area contributed by atoms with Crippen LogP contribution in [0.4, 0.5) is 5.82 Å². The number of ether oxygens (including phenoxy) is 1. The molecular formula is C29H30N6O2. The standard InChI is InChI=1S/C29H30N6O2/c1-37-22-8-9-26-24(15-22)32-19-35(26)12-4-6-21-17-31-28(25(18-36)33-21)34-13-10-29(11-14-34)16-20-5-2-3-7-23(20)27(29)30/h2-3,5,7-9,15,17,19,27,36H,10-14,16,18,30H2,1H3/t27-/m1/s1. The molecule has 8 heteroatoms. The molecule has 1 saturated heterocycles. The molecule has 0 radical (unpaired) electrons. The molecular weight excluding hydrogens is 464 g/mol. The molecule has 8 nitrogen and oxygen atoms in total. The van der Waals surface area contributed by atoms with E-state index >= 15 is 0 Å². The third-order valence-corrected chi connectivity index (χ3v) is 7.92. The van der Waals surface area contributed by atoms with Gasteiger partial charge in [-0.1, -0.05) is 30.2 Å². The number of anilines is 1. The Morgan fingerprint density at radius 3 is 2.78 bits per heavy atom. The summed E-state index contributed by atoms with van der Waals surface area (Å²) in [5.74, 6) is 7.75. The molecule has 3 N–H and O–H groups in total. The molecule has 1 aliphatic carbocycles. The second kappa shape index (κ2) is 9.51. The number of aliphatic hydroxyl groups excluding tert-OH is 1. The van der Waals surface area contributed by atoms with Crippen LogP contribution >= 0.6 is 0 Å². The van der Waals surface area contributed by atoms with E-state index in [1.807, 2.05) is 22.8 Å². The summed E-state index contributed by atoms with van der Waals surface area (Å²) in [6.07, 6.45) is 6.47. The van der Waals surface area contributed by atoms with Crippen LogP contribution < -0.4 is 15.4 Å². The van der Waals surface area contributed by atoms with Gasteiger partial charge in [0.1, 0.15) is 17.1 Å². The Morgan fingerprint density at radius 1 is 1.16 bits per heavy atom. The minimum absolute atomic E-state index is 0.0709. The van der Waals surface area contributed by atoms with Gasteiger partial charge < -0.3 is 25.0 Å². The number of benzene rings is 2. The number of fused-ring (bicyclic) bond motifs is 2. The zero-order chi connectivity index (χ0) is 25.4. The average molecular weight is 495 g/mol. The summed E-state index contributed by atoms with van der Waals surface area (Å²) in [6.45, 7) is 1.97. The number of rotatable bonds is 4. The summed E-state index contributed by atoms with van der Waals surface area (Å²) < 4.78 is 7.24. The van der Waals surface area contributed by atoms with Crippen LogP contribution in [0, 0.1) is 17.3 Å². The Morgan fingerprint density at radius 2 is 2.00 bits per heavy atom. The number of hydrogen-bond acceptors (Lipinski definition) is 7. The molecule has 1 aliphatic heterocycles. The molecule has 0 saturated carbocycles. The van der Waals surface area contributed by atoms with Crippen LogP contribution in [0.15, 0.2) is 55.0 Å². The lowest BCUT2D eigenvalue weighted by molar-refractivity contribution is 0.186. The maximum Gasteiger partial charge on any atom is 0.152 e. The average Bonchev–Trinajstić information content (AvgIpc) is 3.47. The van der Waals surface area contributed by atoms with Crippen molar-refractivity contribution in [3.63, 3.8) is 0 Å². The SMILES string of the molecule is COc1ccc2c(c1)ncn2CC#Cc1cnc(N2CCC3(CC2)Cc2ccccc2[C@H]3N)c(CO)n1. The zero-order valence-corrected chi connectivity index (χ0v) is 20.9. The van der Waals surface area contributed by atoms with Gasteiger partial charge in [0, 0.05) is 25.2 Å². The Bertz CT molecular complexity index is 1510. The molecule has 0 bridgehead atoms. The number of nitrogens with zero attached hydrogens (tertiary/aromatic N) is 5. The number of piperidine rings is 1. The Balaban J connectivity index is 1.15. The fourth-order valence-corrected chi connectivity index (χ4v) is 5.83. The van der Waals surface area contributed by atoms with Crippen molar-refractivity contribution in [1.82, 2.24) is 19.5 Å². The van der Waals surface area contributed by atoms with Crippen LogP contribution in [-0.2, 0) is 19.6 Å². The van der Waals surface area contributed by atoms with Crippen LogP contribution in [0.3, 0.4) is 0 Å². The lowest BCUT2D eigenvalue weighted by Crippen LogP contribution is -2.45. The first kappa shape index (κ1) is 23.5. The molecule has 37 heavy (non-hydrogen) atoms. The predicted octanol–water partition coefficient (Wildman–Crippen LogP) is 3.22. The highest BCUT2D eigenvalue weighted by Gasteiger charge is 2.46. The van der Waals surface area contributed by atoms with E-state index < -0.39 is 0 Å². The summed E-state index contributed by atoms with van der Waals surface area (Å²) in [6, 6.07) is 14.4. The highest BCUT2D eigenvalue weighted by molar-refractivity contribution is 5.77. The van der Waals surface area contributed by atoms with Crippen molar-refractivity contribution in [2.45, 2.75) is 38.5 Å². The topological polar surface area (TPSA) is 102 Å². The minimum Gasteiger partial charge on any atom is -0.497 e. The monoisotopic (exact) mass is 494 g/mol. The van der Waals surface area contributed by atoms with E-state index in [9.17, 15) is 5.11 Å². The van der Waals surface area contributed by atoms with Crippen molar-refractivity contribution in [3.05, 3.63) is 77.5 Å². The maximum atomic E-state index is 10.1. The quantitative estimate of drug-likeness (QED) is 0.420. The van der Waals surface area contributed by atoms with Gasteiger partial charge in [-0.3, -0.25) is 0 Å². The van der Waals surface area contributed by atoms with E-state index in [-0.39, 0.29) is 18.1 Å². The molecule has 1 spiro atoms. The molecule has 188 valence electrons. The van der Waals surface area contributed by atoms with Crippen LogP contribution in [0.5, 0.6) is 5.75 Å². The first-order chi connectivity index (χ1) is 18.1. The van der Waals surface area contributed by atoms with Crippen LogP contribution in [-0.4, -0.2) is 44.8 Å². The van der Waals surface area contributed by atoms with E-state index in [0.29, 0.717) is 17.9 Å². The van der Waals surface area contributed by atoms with Crippen LogP contribution in [0.1, 0.15) is 41.4 Å². The van der Waals surface area contributed by atoms with Gasteiger partial charge in [0.15, 0.2) is 5.82 Å². The van der Waals surface area contributed by atoms with Crippen molar-refractivity contribution < 1.29 is 9.84 Å². The molecule has 6 rings (SSSR count). The number of imidazole rings is 1. The summed E-state index contributed by atoms with van der Waals surface area (Å²) in [7, 11) is 1.64. The van der Waals surface area contributed by atoms with Gasteiger partial charge in [-0.15, -0.1) is 0 Å². The lowest BCUT2D eigenvalue weighted by atomic mass is 9.73. The van der Waals surface area contributed by atoms with Gasteiger partial charge in [-0.2, -0.15) is 0 Å². The summed E-state index contributed by atoms with van der Waals surface area (Å²) in [4.78, 5) is 15.9. The van der Waals surface area contributed by atoms with E-state index in [0.717, 1.165) is 55.0 Å². The van der Waals surface area contributed by atoms with Gasteiger partial charge in [0.25, 0.3) is 0 Å². The number of nitrogens with two attached hydrogens (primary N) is 1. The summed E-state index contributed by atoms with van der Waals surface area (Å²) >= 11 is 0. The Kier molecular flexibility index (Phi) is 6.03. The first-order valence-corrected chi connectivity index (χ1v) is 12.6. The molecule has 1 fully saturated rings. The molecule has 2 aromatic heterocycles. The van der Waals surface area contributed by atoms with E-state index in [1.54, 1.807) is 19.6 Å². The van der Waals surface area contributed by atoms with E-state index in [1.165, 1.54) is 11.1 Å². The summed E-state index contributed by atoms with van der Waals surface area (Å²) in [5.41, 5.74) is 12.4. The van der Waals surface area contributed by atoms with Crippen molar-refractivity contribution in [2.24, 2.45) is 11.1 Å². The largest absolute Gasteiger partial charge is 0.497 e. The third-order valence-electron chi connectivity index (χ3n) is 7.92. The normalized spacial score (nSPS) is 18.0. The number of hydrogen-bond donors (Lipinski definition) is 2. The molecule has 2 aliphatic rings. The predicted molar refractivity (Wildman–Crippen MR) is 142 cm³/mol. The fraction of sp³-hybridized carbons (Fsp3) is 0.345. The molecule has 1 atom stereocenters. The number of aromatic nitrogens is 4. The van der Waals surface area contributed by atoms with Gasteiger partial charge in [0.2, 0.25) is 0 Å². The summed E-state index contributed by atoms with van der Waals surface area (Å²) in [5, 5.41) is 10.1. The highest BCUT2D eigenvalue weighted by Crippen LogP contribution is 2.51. The highest BCUT2D eigenvalue weighted by atomic mass is 16.5. The number of aliphatic hydroxyl groups is 1. The Hall–Kier alpha value is -3.93. The zero-order valence-electron chi connectivity index (χ0n) is 20.9.